The molecule has 3 amide bonds. The van der Waals surface area contributed by atoms with E-state index < -0.39 is 58.5 Å². The number of fused-ring (bicyclic) bond motifs is 1. The van der Waals surface area contributed by atoms with Gasteiger partial charge in [-0.1, -0.05) is 29.8 Å². The number of nitrogens with zero attached hydrogens (tertiary/aromatic N) is 2. The molecule has 3 atom stereocenters. The van der Waals surface area contributed by atoms with Crippen LogP contribution >= 0.6 is 11.6 Å². The van der Waals surface area contributed by atoms with E-state index in [9.17, 15) is 37.1 Å². The Kier molecular flexibility index (Phi) is 6.76. The van der Waals surface area contributed by atoms with Gasteiger partial charge in [-0.15, -0.1) is 0 Å². The number of imide groups is 1. The zero-order valence-corrected chi connectivity index (χ0v) is 18.6. The molecule has 0 aromatic heterocycles. The summed E-state index contributed by atoms with van der Waals surface area (Å²) in [5, 5.41) is 12.1. The van der Waals surface area contributed by atoms with Crippen molar-refractivity contribution in [3.8, 4) is 0 Å². The molecule has 2 aromatic rings. The van der Waals surface area contributed by atoms with Crippen molar-refractivity contribution < 1.29 is 37.1 Å². The molecular weight excluding hydrogens is 494 g/mol. The van der Waals surface area contributed by atoms with Crippen LogP contribution in [0.2, 0.25) is 5.02 Å². The molecule has 2 aliphatic rings. The van der Waals surface area contributed by atoms with Gasteiger partial charge in [-0.25, -0.2) is 9.38 Å². The van der Waals surface area contributed by atoms with E-state index in [1.165, 1.54) is 23.1 Å². The largest absolute Gasteiger partial charge is 0.400 e. The molecule has 35 heavy (non-hydrogen) atoms. The van der Waals surface area contributed by atoms with Crippen LogP contribution in [0.4, 0.5) is 17.6 Å². The number of rotatable bonds is 4. The maximum absolute atomic E-state index is 13.7. The third kappa shape index (κ3) is 4.97. The number of benzene rings is 2. The van der Waals surface area contributed by atoms with Crippen LogP contribution in [0.1, 0.15) is 52.0 Å². The molecule has 184 valence electrons. The molecule has 1 saturated heterocycles. The summed E-state index contributed by atoms with van der Waals surface area (Å²) in [6.45, 7) is 0.0810. The fourth-order valence-corrected chi connectivity index (χ4v) is 4.43. The number of hydrogen-bond donors (Lipinski definition) is 2. The van der Waals surface area contributed by atoms with Crippen LogP contribution in [0, 0.1) is 5.82 Å². The number of aliphatic imine (C=N–C) groups is 1. The van der Waals surface area contributed by atoms with Gasteiger partial charge in [0.05, 0.1) is 11.1 Å². The maximum atomic E-state index is 13.7. The van der Waals surface area contributed by atoms with Crippen LogP contribution in [0.15, 0.2) is 41.4 Å². The summed E-state index contributed by atoms with van der Waals surface area (Å²) < 4.78 is 54.5. The molecule has 2 aliphatic heterocycles. The number of carbonyl (C=O) groups is 3. The predicted octanol–water partition coefficient (Wildman–Crippen LogP) is 3.65. The molecule has 3 unspecified atom stereocenters. The highest BCUT2D eigenvalue weighted by Gasteiger charge is 2.42. The first-order chi connectivity index (χ1) is 16.5. The number of carbonyl (C=O) groups excluding carboxylic acids is 3. The molecule has 2 aromatic carbocycles. The lowest BCUT2D eigenvalue weighted by atomic mass is 9.99. The van der Waals surface area contributed by atoms with E-state index >= 15 is 0 Å². The van der Waals surface area contributed by atoms with Crippen molar-refractivity contribution in [1.29, 1.82) is 0 Å². The van der Waals surface area contributed by atoms with Crippen LogP contribution in [0.25, 0.3) is 0 Å². The molecule has 4 rings (SSSR count). The minimum Gasteiger partial charge on any atom is -0.374 e. The Labute approximate surface area is 201 Å². The quantitative estimate of drug-likeness (QED) is 0.371. The smallest absolute Gasteiger partial charge is 0.374 e. The van der Waals surface area contributed by atoms with E-state index in [1.54, 1.807) is 0 Å². The van der Waals surface area contributed by atoms with Gasteiger partial charge in [0.25, 0.3) is 5.91 Å². The molecule has 1 fully saturated rings. The lowest BCUT2D eigenvalue weighted by Gasteiger charge is -2.31. The number of alkyl halides is 3. The van der Waals surface area contributed by atoms with Gasteiger partial charge in [-0.05, 0) is 41.3 Å². The second-order valence-corrected chi connectivity index (χ2v) is 8.55. The highest BCUT2D eigenvalue weighted by molar-refractivity contribution is 6.31. The number of amides is 3. The fraction of sp³-hybridized carbons (Fsp3) is 0.304. The van der Waals surface area contributed by atoms with Gasteiger partial charge in [0, 0.05) is 24.7 Å². The number of aliphatic hydroxyl groups excluding tert-OH is 1. The number of piperidine rings is 1. The first-order valence-corrected chi connectivity index (χ1v) is 10.8. The number of halogens is 5. The second kappa shape index (κ2) is 9.48. The molecule has 12 heteroatoms. The fourth-order valence-electron chi connectivity index (χ4n) is 4.19. The van der Waals surface area contributed by atoms with Crippen molar-refractivity contribution in [2.45, 2.75) is 43.8 Å². The van der Waals surface area contributed by atoms with Crippen molar-refractivity contribution in [3.05, 3.63) is 69.5 Å². The Hall–Kier alpha value is -3.15. The van der Waals surface area contributed by atoms with Crippen LogP contribution < -0.4 is 5.32 Å². The van der Waals surface area contributed by atoms with E-state index in [4.69, 9.17) is 11.6 Å². The van der Waals surface area contributed by atoms with E-state index in [0.717, 1.165) is 18.2 Å². The summed E-state index contributed by atoms with van der Waals surface area (Å²) in [6.07, 6.45) is -5.34. The van der Waals surface area contributed by atoms with Gasteiger partial charge >= 0.3 is 6.18 Å². The Balaban J connectivity index is 1.55. The molecule has 0 radical (unpaired) electrons. The van der Waals surface area contributed by atoms with Crippen molar-refractivity contribution in [2.24, 2.45) is 4.99 Å². The normalized spacial score (nSPS) is 21.8. The Morgan fingerprint density at radius 3 is 2.69 bits per heavy atom. The lowest BCUT2D eigenvalue weighted by molar-refractivity contribution is -0.142. The van der Waals surface area contributed by atoms with Crippen LogP contribution in [-0.2, 0) is 16.1 Å². The van der Waals surface area contributed by atoms with Crippen molar-refractivity contribution in [2.75, 3.05) is 0 Å². The van der Waals surface area contributed by atoms with Gasteiger partial charge in [0.15, 0.2) is 0 Å². The summed E-state index contributed by atoms with van der Waals surface area (Å²) in [5.41, 5.74) is 0.301. The van der Waals surface area contributed by atoms with E-state index in [0.29, 0.717) is 17.3 Å². The Morgan fingerprint density at radius 2 is 2.00 bits per heavy atom. The summed E-state index contributed by atoms with van der Waals surface area (Å²) in [6, 6.07) is 6.34. The van der Waals surface area contributed by atoms with Gasteiger partial charge in [0.1, 0.15) is 18.0 Å². The summed E-state index contributed by atoms with van der Waals surface area (Å²) in [4.78, 5) is 41.0. The summed E-state index contributed by atoms with van der Waals surface area (Å²) in [7, 11) is 0. The molecule has 0 aliphatic carbocycles. The summed E-state index contributed by atoms with van der Waals surface area (Å²) in [5.74, 6) is -5.36. The zero-order chi connectivity index (χ0) is 25.5. The third-order valence-electron chi connectivity index (χ3n) is 5.96. The topological polar surface area (TPSA) is 99.1 Å². The number of hydrogen-bond acceptors (Lipinski definition) is 5. The van der Waals surface area contributed by atoms with Crippen molar-refractivity contribution >= 4 is 35.5 Å². The lowest BCUT2D eigenvalue weighted by Crippen LogP contribution is -2.51. The van der Waals surface area contributed by atoms with E-state index in [2.05, 4.69) is 10.3 Å². The molecule has 2 heterocycles. The van der Waals surface area contributed by atoms with Gasteiger partial charge < -0.3 is 5.11 Å². The molecule has 7 nitrogen and oxygen atoms in total. The molecule has 2 N–H and O–H groups in total. The average molecular weight is 512 g/mol. The van der Waals surface area contributed by atoms with Crippen molar-refractivity contribution in [3.63, 3.8) is 0 Å². The predicted molar refractivity (Wildman–Crippen MR) is 116 cm³/mol. The third-order valence-corrected chi connectivity index (χ3v) is 6.35. The average Bonchev–Trinajstić information content (AvgIpc) is 3.11. The van der Waals surface area contributed by atoms with Gasteiger partial charge in [-0.3, -0.25) is 24.6 Å². The zero-order valence-electron chi connectivity index (χ0n) is 17.9. The first-order valence-electron chi connectivity index (χ1n) is 10.5. The minimum absolute atomic E-state index is 0.0383. The van der Waals surface area contributed by atoms with Crippen molar-refractivity contribution in [1.82, 2.24) is 10.2 Å². The van der Waals surface area contributed by atoms with E-state index in [1.807, 2.05) is 0 Å². The highest BCUT2D eigenvalue weighted by atomic mass is 35.5. The molecular formula is C23H18ClF4N3O4. The molecule has 0 spiro atoms. The maximum Gasteiger partial charge on any atom is 0.400 e. The van der Waals surface area contributed by atoms with Crippen LogP contribution in [0.5, 0.6) is 0 Å². The van der Waals surface area contributed by atoms with Crippen LogP contribution in [0.3, 0.4) is 0 Å². The molecule has 0 saturated carbocycles. The molecule has 0 bridgehead atoms. The monoisotopic (exact) mass is 511 g/mol. The Bertz CT molecular complexity index is 1230. The SMILES string of the molecule is O=C1CCC(N2Cc3cc(C(=O)N=CC(c4cccc(F)c4Cl)C(F)(F)F)ccc3C2O)C(=O)N1. The second-order valence-electron chi connectivity index (χ2n) is 8.17. The number of nitrogens with one attached hydrogen (secondary N) is 1. The van der Waals surface area contributed by atoms with E-state index in [-0.39, 0.29) is 24.9 Å². The highest BCUT2D eigenvalue weighted by Crippen LogP contribution is 2.38. The Morgan fingerprint density at radius 1 is 1.26 bits per heavy atom. The van der Waals surface area contributed by atoms with Gasteiger partial charge in [-0.2, -0.15) is 13.2 Å². The standard InChI is InChI=1S/C23H18ClF4N3O4/c24-19-14(2-1-3-16(19)25)15(23(26,27)28)9-29-20(33)11-4-5-13-12(8-11)10-31(22(13)35)17-6-7-18(32)30-21(17)34/h1-5,8-9,15,17,22,35H,6-7,10H2,(H,30,32,34). The summed E-state index contributed by atoms with van der Waals surface area (Å²) >= 11 is 5.70. The van der Waals surface area contributed by atoms with Crippen LogP contribution in [-0.4, -0.2) is 46.2 Å². The number of aliphatic hydroxyl groups is 1. The first kappa shape index (κ1) is 25.0. The minimum atomic E-state index is -4.88. The van der Waals surface area contributed by atoms with Gasteiger partial charge in [0.2, 0.25) is 11.8 Å².